The molecule has 0 aliphatic rings. The van der Waals surface area contributed by atoms with Gasteiger partial charge in [0.05, 0.1) is 0 Å². The lowest BCUT2D eigenvalue weighted by molar-refractivity contribution is 1.22. The Labute approximate surface area is 169 Å². The highest BCUT2D eigenvalue weighted by molar-refractivity contribution is 7.79. The average Bonchev–Trinajstić information content (AvgIpc) is 2.64. The predicted octanol–water partition coefficient (Wildman–Crippen LogP) is 7.32. The second-order valence-corrected chi connectivity index (χ2v) is 8.41. The molecule has 26 heavy (non-hydrogen) atoms. The quantitative estimate of drug-likeness (QED) is 0.337. The Morgan fingerprint density at radius 1 is 0.385 bits per heavy atom. The maximum Gasteiger partial charge on any atom is 0.0166 e. The molecular formula is C24H30S2. The van der Waals surface area contributed by atoms with Crippen LogP contribution in [0.25, 0.3) is 21.5 Å². The lowest BCUT2D eigenvalue weighted by Crippen LogP contribution is -2.05. The maximum atomic E-state index is 4.79. The van der Waals surface area contributed by atoms with Gasteiger partial charge in [0, 0.05) is 11.5 Å². The van der Waals surface area contributed by atoms with Gasteiger partial charge in [-0.25, -0.2) is 0 Å². The minimum Gasteiger partial charge on any atom is -0.175 e. The molecule has 3 aromatic rings. The van der Waals surface area contributed by atoms with E-state index in [2.05, 4.69) is 55.4 Å². The Balaban J connectivity index is 2.86. The largest absolute Gasteiger partial charge is 0.175 e. The Morgan fingerprint density at radius 3 is 0.731 bits per heavy atom. The molecular weight excluding hydrogens is 352 g/mol. The molecule has 0 aliphatic carbocycles. The molecule has 0 saturated carbocycles. The summed E-state index contributed by atoms with van der Waals surface area (Å²) < 4.78 is 0. The molecule has 0 heterocycles. The van der Waals surface area contributed by atoms with E-state index in [0.29, 0.717) is 0 Å². The summed E-state index contributed by atoms with van der Waals surface area (Å²) in [6.45, 7) is 18.1. The van der Waals surface area contributed by atoms with Crippen molar-refractivity contribution in [2.75, 3.05) is 0 Å². The van der Waals surface area contributed by atoms with Gasteiger partial charge in [-0.1, -0.05) is 0 Å². The van der Waals surface area contributed by atoms with E-state index in [1.54, 1.807) is 0 Å². The van der Waals surface area contributed by atoms with E-state index in [1.165, 1.54) is 77.2 Å². The fourth-order valence-electron chi connectivity index (χ4n) is 4.70. The molecule has 0 spiro atoms. The molecule has 2 heteroatoms. The first kappa shape index (κ1) is 19.6. The van der Waals surface area contributed by atoms with Gasteiger partial charge in [-0.05, 0) is 133 Å². The molecule has 0 N–H and O–H groups in total. The third-order valence-electron chi connectivity index (χ3n) is 6.90. The van der Waals surface area contributed by atoms with E-state index in [4.69, 9.17) is 25.3 Å². The molecule has 0 nitrogen and oxygen atoms in total. The minimum atomic E-state index is 0.755. The van der Waals surface area contributed by atoms with Crippen molar-refractivity contribution in [2.45, 2.75) is 66.9 Å². The Kier molecular flexibility index (Phi) is 5.13. The van der Waals surface area contributed by atoms with Crippen LogP contribution in [0.15, 0.2) is 0 Å². The SMILES string of the molecule is Cc1c(C)c(C)c2c(CS)c3c(C)c(C)c(C)c(C)c3c(CS)c2c1C. The number of hydrogen-bond acceptors (Lipinski definition) is 2. The van der Waals surface area contributed by atoms with E-state index in [-0.39, 0.29) is 0 Å². The summed E-state index contributed by atoms with van der Waals surface area (Å²) >= 11 is 9.58. The van der Waals surface area contributed by atoms with Crippen LogP contribution in [0, 0.1) is 55.4 Å². The van der Waals surface area contributed by atoms with Crippen molar-refractivity contribution in [3.63, 3.8) is 0 Å². The standard InChI is InChI=1S/C24H30S2/c1-11-12(2)16(6)22-20(10-26)24-18(8)14(4)13(3)17(7)23(24)19(9-25)21(22)15(11)5/h25-26H,9-10H2,1-8H3. The highest BCUT2D eigenvalue weighted by atomic mass is 32.1. The van der Waals surface area contributed by atoms with Gasteiger partial charge in [0.15, 0.2) is 0 Å². The Morgan fingerprint density at radius 2 is 0.577 bits per heavy atom. The van der Waals surface area contributed by atoms with E-state index >= 15 is 0 Å². The molecule has 3 rings (SSSR count). The number of fused-ring (bicyclic) bond motifs is 2. The zero-order chi connectivity index (χ0) is 19.5. The number of aryl methyl sites for hydroxylation is 4. The summed E-state index contributed by atoms with van der Waals surface area (Å²) in [6, 6.07) is 0. The van der Waals surface area contributed by atoms with E-state index < -0.39 is 0 Å². The molecule has 0 atom stereocenters. The van der Waals surface area contributed by atoms with Crippen molar-refractivity contribution in [3.8, 4) is 0 Å². The second-order valence-electron chi connectivity index (χ2n) is 7.77. The average molecular weight is 383 g/mol. The van der Waals surface area contributed by atoms with E-state index in [1.807, 2.05) is 0 Å². The number of rotatable bonds is 2. The first-order valence-electron chi connectivity index (χ1n) is 9.34. The van der Waals surface area contributed by atoms with Crippen molar-refractivity contribution in [1.82, 2.24) is 0 Å². The summed E-state index contributed by atoms with van der Waals surface area (Å²) in [5.41, 5.74) is 14.0. The minimum absolute atomic E-state index is 0.755. The van der Waals surface area contributed by atoms with Gasteiger partial charge in [-0.2, -0.15) is 25.3 Å². The zero-order valence-electron chi connectivity index (χ0n) is 17.3. The lowest BCUT2D eigenvalue weighted by atomic mass is 9.80. The van der Waals surface area contributed by atoms with Gasteiger partial charge in [-0.3, -0.25) is 0 Å². The second kappa shape index (κ2) is 6.80. The molecule has 0 bridgehead atoms. The summed E-state index contributed by atoms with van der Waals surface area (Å²) in [4.78, 5) is 0. The fraction of sp³-hybridized carbons (Fsp3) is 0.417. The van der Waals surface area contributed by atoms with Crippen LogP contribution >= 0.6 is 25.3 Å². The highest BCUT2D eigenvalue weighted by Gasteiger charge is 2.22. The third-order valence-corrected chi connectivity index (χ3v) is 7.53. The highest BCUT2D eigenvalue weighted by Crippen LogP contribution is 2.44. The zero-order valence-corrected chi connectivity index (χ0v) is 19.1. The van der Waals surface area contributed by atoms with Crippen LogP contribution in [0.1, 0.15) is 55.6 Å². The topological polar surface area (TPSA) is 0 Å². The van der Waals surface area contributed by atoms with Gasteiger partial charge in [-0.15, -0.1) is 0 Å². The number of hydrogen-bond donors (Lipinski definition) is 2. The van der Waals surface area contributed by atoms with Crippen LogP contribution < -0.4 is 0 Å². The number of benzene rings is 3. The van der Waals surface area contributed by atoms with Gasteiger partial charge in [0.1, 0.15) is 0 Å². The molecule has 0 radical (unpaired) electrons. The van der Waals surface area contributed by atoms with Crippen LogP contribution in [-0.2, 0) is 11.5 Å². The maximum absolute atomic E-state index is 4.79. The van der Waals surface area contributed by atoms with E-state index in [9.17, 15) is 0 Å². The summed E-state index contributed by atoms with van der Waals surface area (Å²) in [5, 5.41) is 5.62. The number of thiol groups is 2. The molecule has 0 aromatic heterocycles. The summed E-state index contributed by atoms with van der Waals surface area (Å²) in [5.74, 6) is 1.51. The molecule has 0 saturated heterocycles. The van der Waals surface area contributed by atoms with Gasteiger partial charge in [0.25, 0.3) is 0 Å². The molecule has 0 fully saturated rings. The van der Waals surface area contributed by atoms with Crippen molar-refractivity contribution in [1.29, 1.82) is 0 Å². The smallest absolute Gasteiger partial charge is 0.0166 e. The van der Waals surface area contributed by atoms with Crippen molar-refractivity contribution in [3.05, 3.63) is 55.6 Å². The van der Waals surface area contributed by atoms with E-state index in [0.717, 1.165) is 11.5 Å². The summed E-state index contributed by atoms with van der Waals surface area (Å²) in [7, 11) is 0. The van der Waals surface area contributed by atoms with Crippen molar-refractivity contribution < 1.29 is 0 Å². The summed E-state index contributed by atoms with van der Waals surface area (Å²) in [6.07, 6.45) is 0. The van der Waals surface area contributed by atoms with Gasteiger partial charge in [0.2, 0.25) is 0 Å². The van der Waals surface area contributed by atoms with Crippen LogP contribution in [-0.4, -0.2) is 0 Å². The lowest BCUT2D eigenvalue weighted by Gasteiger charge is -2.25. The molecule has 0 amide bonds. The Bertz CT molecular complexity index is 905. The normalized spacial score (nSPS) is 11.8. The third kappa shape index (κ3) is 2.45. The fourth-order valence-corrected chi connectivity index (χ4v) is 5.33. The molecule has 0 aliphatic heterocycles. The molecule has 0 unspecified atom stereocenters. The Hall–Kier alpha value is -1.12. The van der Waals surface area contributed by atoms with Crippen LogP contribution in [0.4, 0.5) is 0 Å². The van der Waals surface area contributed by atoms with Crippen LogP contribution in [0.3, 0.4) is 0 Å². The van der Waals surface area contributed by atoms with Crippen molar-refractivity contribution >= 4 is 46.8 Å². The van der Waals surface area contributed by atoms with Gasteiger partial charge < -0.3 is 0 Å². The molecule has 3 aromatic carbocycles. The molecule has 138 valence electrons. The van der Waals surface area contributed by atoms with Crippen LogP contribution in [0.2, 0.25) is 0 Å². The van der Waals surface area contributed by atoms with Gasteiger partial charge >= 0.3 is 0 Å². The monoisotopic (exact) mass is 382 g/mol. The predicted molar refractivity (Wildman–Crippen MR) is 125 cm³/mol. The first-order valence-corrected chi connectivity index (χ1v) is 10.6. The van der Waals surface area contributed by atoms with Crippen molar-refractivity contribution in [2.24, 2.45) is 0 Å². The van der Waals surface area contributed by atoms with Crippen LogP contribution in [0.5, 0.6) is 0 Å². The first-order chi connectivity index (χ1) is 12.2.